The van der Waals surface area contributed by atoms with Crippen molar-refractivity contribution in [2.75, 3.05) is 0 Å². The van der Waals surface area contributed by atoms with E-state index in [0.29, 0.717) is 5.69 Å². The lowest BCUT2D eigenvalue weighted by Gasteiger charge is -1.95. The average Bonchev–Trinajstić information content (AvgIpc) is 2.52. The summed E-state index contributed by atoms with van der Waals surface area (Å²) >= 11 is 1.40. The molecule has 0 N–H and O–H groups in total. The summed E-state index contributed by atoms with van der Waals surface area (Å²) in [6, 6.07) is -0.234. The minimum atomic E-state index is -0.234. The largest absolute Gasteiger partial charge is 0.232 e. The summed E-state index contributed by atoms with van der Waals surface area (Å²) in [5.74, 6) is 2.41. The molecule has 0 aromatic carbocycles. The van der Waals surface area contributed by atoms with Gasteiger partial charge in [-0.1, -0.05) is 12.0 Å². The fraction of sp³-hybridized carbons (Fsp3) is 0.286. The molecule has 0 spiro atoms. The zero-order valence-corrected chi connectivity index (χ0v) is 7.25. The van der Waals surface area contributed by atoms with Gasteiger partial charge < -0.3 is 0 Å². The molecule has 0 unspecified atom stereocenters. The topological polar surface area (TPSA) is 61.7 Å². The summed E-state index contributed by atoms with van der Waals surface area (Å²) in [4.78, 5) is 6.75. The highest BCUT2D eigenvalue weighted by Gasteiger charge is 2.06. The van der Waals surface area contributed by atoms with Gasteiger partial charge in [-0.05, 0) is 11.5 Å². The van der Waals surface area contributed by atoms with Gasteiger partial charge in [-0.2, -0.15) is 0 Å². The van der Waals surface area contributed by atoms with Gasteiger partial charge in [-0.15, -0.1) is 17.8 Å². The first-order valence-electron chi connectivity index (χ1n) is 3.24. The number of rotatable bonds is 2. The van der Waals surface area contributed by atoms with Crippen LogP contribution in [0.2, 0.25) is 0 Å². The van der Waals surface area contributed by atoms with Crippen molar-refractivity contribution in [3.63, 3.8) is 0 Å². The lowest BCUT2D eigenvalue weighted by Crippen LogP contribution is -1.86. The van der Waals surface area contributed by atoms with Crippen LogP contribution >= 0.6 is 11.3 Å². The Balaban J connectivity index is 2.90. The Kier molecular flexibility index (Phi) is 2.70. The minimum Gasteiger partial charge on any atom is -0.232 e. The van der Waals surface area contributed by atoms with E-state index in [-0.39, 0.29) is 6.04 Å². The molecule has 0 aliphatic rings. The fourth-order valence-electron chi connectivity index (χ4n) is 0.673. The summed E-state index contributed by atoms with van der Waals surface area (Å²) in [5.41, 5.74) is 8.75. The van der Waals surface area contributed by atoms with Crippen LogP contribution in [-0.4, -0.2) is 4.98 Å². The van der Waals surface area contributed by atoms with Crippen molar-refractivity contribution in [3.8, 4) is 12.3 Å². The molecular formula is C7H6N4S. The van der Waals surface area contributed by atoms with E-state index >= 15 is 0 Å². The van der Waals surface area contributed by atoms with Crippen molar-refractivity contribution >= 4 is 11.3 Å². The van der Waals surface area contributed by atoms with Crippen molar-refractivity contribution < 1.29 is 0 Å². The maximum atomic E-state index is 8.16. The number of hydrogen-bond acceptors (Lipinski definition) is 3. The zero-order valence-electron chi connectivity index (χ0n) is 6.43. The summed E-state index contributed by atoms with van der Waals surface area (Å²) in [6.45, 7) is 1.78. The summed E-state index contributed by atoms with van der Waals surface area (Å²) in [6.07, 6.45) is 5.13. The van der Waals surface area contributed by atoms with Crippen LogP contribution in [0.3, 0.4) is 0 Å². The normalized spacial score (nSPS) is 11.3. The number of aromatic nitrogens is 1. The van der Waals surface area contributed by atoms with Crippen molar-refractivity contribution in [2.24, 2.45) is 5.11 Å². The van der Waals surface area contributed by atoms with Gasteiger partial charge >= 0.3 is 0 Å². The van der Waals surface area contributed by atoms with Crippen LogP contribution in [0.5, 0.6) is 0 Å². The SMILES string of the molecule is C#Cc1csc([C@@H](C)N=[N+]=[N-])n1. The third-order valence-electron chi connectivity index (χ3n) is 1.25. The van der Waals surface area contributed by atoms with Gasteiger partial charge in [0.2, 0.25) is 0 Å². The molecule has 1 rings (SSSR count). The predicted molar refractivity (Wildman–Crippen MR) is 47.6 cm³/mol. The third kappa shape index (κ3) is 1.76. The van der Waals surface area contributed by atoms with Gasteiger partial charge in [-0.3, -0.25) is 0 Å². The molecule has 0 radical (unpaired) electrons. The molecule has 0 aliphatic carbocycles. The maximum Gasteiger partial charge on any atom is 0.124 e. The first-order valence-corrected chi connectivity index (χ1v) is 4.12. The quantitative estimate of drug-likeness (QED) is 0.297. The number of azide groups is 1. The first kappa shape index (κ1) is 8.60. The van der Waals surface area contributed by atoms with E-state index < -0.39 is 0 Å². The van der Waals surface area contributed by atoms with Gasteiger partial charge in [0, 0.05) is 10.3 Å². The Labute approximate surface area is 73.9 Å². The van der Waals surface area contributed by atoms with Gasteiger partial charge in [0.05, 0.1) is 6.04 Å². The molecule has 1 aromatic rings. The standard InChI is InChI=1S/C7H6N4S/c1-3-6-4-12-7(9-6)5(2)10-11-8/h1,4-5H,2H3/t5-/m1/s1. The fourth-order valence-corrected chi connectivity index (χ4v) is 1.42. The van der Waals surface area contributed by atoms with E-state index in [1.54, 1.807) is 12.3 Å². The number of terminal acetylenes is 1. The van der Waals surface area contributed by atoms with Crippen molar-refractivity contribution in [2.45, 2.75) is 13.0 Å². The van der Waals surface area contributed by atoms with Crippen molar-refractivity contribution in [1.82, 2.24) is 4.98 Å². The van der Waals surface area contributed by atoms with Gasteiger partial charge in [0.25, 0.3) is 0 Å². The Morgan fingerprint density at radius 3 is 3.17 bits per heavy atom. The molecule has 1 aromatic heterocycles. The van der Waals surface area contributed by atoms with Gasteiger partial charge in [0.1, 0.15) is 10.7 Å². The van der Waals surface area contributed by atoms with E-state index in [1.807, 2.05) is 0 Å². The van der Waals surface area contributed by atoms with Gasteiger partial charge in [0.15, 0.2) is 0 Å². The van der Waals surface area contributed by atoms with Crippen LogP contribution in [0.1, 0.15) is 23.7 Å². The lowest BCUT2D eigenvalue weighted by molar-refractivity contribution is 0.796. The second-order valence-electron chi connectivity index (χ2n) is 2.10. The second-order valence-corrected chi connectivity index (χ2v) is 2.99. The molecule has 5 heteroatoms. The molecule has 1 atom stereocenters. The van der Waals surface area contributed by atoms with E-state index in [4.69, 9.17) is 12.0 Å². The molecule has 4 nitrogen and oxygen atoms in total. The second kappa shape index (κ2) is 3.77. The number of hydrogen-bond donors (Lipinski definition) is 0. The average molecular weight is 178 g/mol. The van der Waals surface area contributed by atoms with Gasteiger partial charge in [-0.25, -0.2) is 4.98 Å². The molecule has 0 fully saturated rings. The maximum absolute atomic E-state index is 8.16. The minimum absolute atomic E-state index is 0.234. The third-order valence-corrected chi connectivity index (χ3v) is 2.27. The highest BCUT2D eigenvalue weighted by Crippen LogP contribution is 2.20. The van der Waals surface area contributed by atoms with Crippen molar-refractivity contribution in [1.29, 1.82) is 0 Å². The van der Waals surface area contributed by atoms with Crippen molar-refractivity contribution in [3.05, 3.63) is 26.5 Å². The molecular weight excluding hydrogens is 172 g/mol. The number of thiazole rings is 1. The van der Waals surface area contributed by atoms with E-state index in [1.165, 1.54) is 11.3 Å². The van der Waals surface area contributed by atoms with Crippen LogP contribution in [-0.2, 0) is 0 Å². The van der Waals surface area contributed by atoms with E-state index in [2.05, 4.69) is 20.9 Å². The zero-order chi connectivity index (χ0) is 8.97. The van der Waals surface area contributed by atoms with Crippen LogP contribution in [0.15, 0.2) is 10.5 Å². The van der Waals surface area contributed by atoms with E-state index in [0.717, 1.165) is 5.01 Å². The molecule has 0 saturated heterocycles. The van der Waals surface area contributed by atoms with E-state index in [9.17, 15) is 0 Å². The lowest BCUT2D eigenvalue weighted by atomic mass is 10.4. The monoisotopic (exact) mass is 178 g/mol. The van der Waals surface area contributed by atoms with Crippen LogP contribution < -0.4 is 0 Å². The number of nitrogens with zero attached hydrogens (tertiary/aromatic N) is 4. The van der Waals surface area contributed by atoms with Crippen LogP contribution in [0.4, 0.5) is 0 Å². The molecule has 1 heterocycles. The summed E-state index contributed by atoms with van der Waals surface area (Å²) in [7, 11) is 0. The molecule has 0 aliphatic heterocycles. The molecule has 0 bridgehead atoms. The Hall–Kier alpha value is -1.50. The highest BCUT2D eigenvalue weighted by atomic mass is 32.1. The first-order chi connectivity index (χ1) is 5.77. The Bertz CT molecular complexity index is 356. The predicted octanol–water partition coefficient (Wildman–Crippen LogP) is 2.50. The van der Waals surface area contributed by atoms with Crippen LogP contribution in [0, 0.1) is 12.3 Å². The molecule has 60 valence electrons. The van der Waals surface area contributed by atoms with Crippen LogP contribution in [0.25, 0.3) is 10.4 Å². The summed E-state index contributed by atoms with van der Waals surface area (Å²) < 4.78 is 0. The smallest absolute Gasteiger partial charge is 0.124 e. The Morgan fingerprint density at radius 1 is 1.92 bits per heavy atom. The Morgan fingerprint density at radius 2 is 2.67 bits per heavy atom. The molecule has 0 amide bonds. The molecule has 12 heavy (non-hydrogen) atoms. The summed E-state index contributed by atoms with van der Waals surface area (Å²) in [5, 5.41) is 6.02. The molecule has 0 saturated carbocycles. The highest BCUT2D eigenvalue weighted by molar-refractivity contribution is 7.09.